The summed E-state index contributed by atoms with van der Waals surface area (Å²) in [7, 11) is 0. The zero-order valence-electron chi connectivity index (χ0n) is 8.91. The van der Waals surface area contributed by atoms with E-state index in [-0.39, 0.29) is 5.92 Å². The van der Waals surface area contributed by atoms with Crippen molar-refractivity contribution in [1.82, 2.24) is 4.98 Å². The molecule has 2 heteroatoms. The first-order chi connectivity index (χ1) is 7.90. The summed E-state index contributed by atoms with van der Waals surface area (Å²) in [6.45, 7) is 0. The number of nitrogens with zero attached hydrogens (tertiary/aromatic N) is 1. The van der Waals surface area contributed by atoms with Gasteiger partial charge >= 0.3 is 0 Å². The van der Waals surface area contributed by atoms with Crippen LogP contribution in [0.15, 0.2) is 54.9 Å². The van der Waals surface area contributed by atoms with Gasteiger partial charge in [-0.2, -0.15) is 0 Å². The summed E-state index contributed by atoms with van der Waals surface area (Å²) < 4.78 is 0. The molecule has 0 saturated heterocycles. The predicted molar refractivity (Wildman–Crippen MR) is 63.2 cm³/mol. The molecule has 2 aromatic rings. The molecular formula is C14H13NO. The molecule has 2 nitrogen and oxygen atoms in total. The number of aromatic nitrogens is 1. The minimum atomic E-state index is -0.101. The van der Waals surface area contributed by atoms with E-state index in [2.05, 4.69) is 4.98 Å². The van der Waals surface area contributed by atoms with Crippen LogP contribution in [0.3, 0.4) is 0 Å². The summed E-state index contributed by atoms with van der Waals surface area (Å²) in [5.41, 5.74) is 2.14. The normalized spacial score (nSPS) is 12.0. The molecule has 0 radical (unpaired) electrons. The molecule has 16 heavy (non-hydrogen) atoms. The summed E-state index contributed by atoms with van der Waals surface area (Å²) in [4.78, 5) is 15.1. The van der Waals surface area contributed by atoms with E-state index in [1.54, 1.807) is 12.4 Å². The Morgan fingerprint density at radius 3 is 2.56 bits per heavy atom. The highest BCUT2D eigenvalue weighted by atomic mass is 16.1. The lowest BCUT2D eigenvalue weighted by molar-refractivity contribution is -0.109. The molecule has 0 saturated carbocycles. The smallest absolute Gasteiger partial charge is 0.127 e. The average Bonchev–Trinajstić information content (AvgIpc) is 2.38. The molecule has 1 atom stereocenters. The maximum Gasteiger partial charge on any atom is 0.127 e. The Morgan fingerprint density at radius 2 is 1.94 bits per heavy atom. The molecule has 1 aromatic heterocycles. The van der Waals surface area contributed by atoms with Crippen LogP contribution in [0.25, 0.3) is 0 Å². The van der Waals surface area contributed by atoms with E-state index in [4.69, 9.17) is 0 Å². The fourth-order valence-corrected chi connectivity index (χ4v) is 1.71. The lowest BCUT2D eigenvalue weighted by Gasteiger charge is -2.09. The van der Waals surface area contributed by atoms with Crippen LogP contribution in [0.5, 0.6) is 0 Å². The van der Waals surface area contributed by atoms with Gasteiger partial charge in [0.05, 0.1) is 0 Å². The fourth-order valence-electron chi connectivity index (χ4n) is 1.71. The van der Waals surface area contributed by atoms with E-state index < -0.39 is 0 Å². The van der Waals surface area contributed by atoms with Crippen LogP contribution in [0.2, 0.25) is 0 Å². The molecule has 0 aliphatic heterocycles. The molecule has 0 aliphatic rings. The highest BCUT2D eigenvalue weighted by Gasteiger charge is 2.10. The number of hydrogen-bond acceptors (Lipinski definition) is 2. The van der Waals surface area contributed by atoms with Crippen molar-refractivity contribution >= 4 is 6.29 Å². The fraction of sp³-hybridized carbons (Fsp3) is 0.143. The molecule has 0 bridgehead atoms. The van der Waals surface area contributed by atoms with Crippen molar-refractivity contribution in [3.05, 3.63) is 66.0 Å². The Hall–Kier alpha value is -1.96. The van der Waals surface area contributed by atoms with Crippen molar-refractivity contribution < 1.29 is 4.79 Å². The van der Waals surface area contributed by atoms with Crippen LogP contribution >= 0.6 is 0 Å². The van der Waals surface area contributed by atoms with E-state index in [0.717, 1.165) is 18.3 Å². The highest BCUT2D eigenvalue weighted by molar-refractivity contribution is 5.62. The van der Waals surface area contributed by atoms with E-state index in [1.807, 2.05) is 42.5 Å². The van der Waals surface area contributed by atoms with Crippen LogP contribution in [-0.2, 0) is 11.2 Å². The summed E-state index contributed by atoms with van der Waals surface area (Å²) in [6, 6.07) is 13.8. The standard InChI is InChI=1S/C14H13NO/c16-11-14(13-7-4-8-15-10-13)9-12-5-2-1-3-6-12/h1-8,10-11,14H,9H2. The zero-order chi connectivity index (χ0) is 11.2. The summed E-state index contributed by atoms with van der Waals surface area (Å²) in [5.74, 6) is -0.101. The van der Waals surface area contributed by atoms with E-state index in [0.29, 0.717) is 0 Å². The Morgan fingerprint density at radius 1 is 1.12 bits per heavy atom. The van der Waals surface area contributed by atoms with Gasteiger partial charge in [0.1, 0.15) is 6.29 Å². The number of carbonyl (C=O) groups excluding carboxylic acids is 1. The summed E-state index contributed by atoms with van der Waals surface area (Å²) in [5, 5.41) is 0. The van der Waals surface area contributed by atoms with E-state index in [1.165, 1.54) is 5.56 Å². The topological polar surface area (TPSA) is 30.0 Å². The van der Waals surface area contributed by atoms with Crippen molar-refractivity contribution in [1.29, 1.82) is 0 Å². The van der Waals surface area contributed by atoms with Gasteiger partial charge in [0, 0.05) is 18.3 Å². The van der Waals surface area contributed by atoms with Crippen LogP contribution < -0.4 is 0 Å². The number of carbonyl (C=O) groups is 1. The van der Waals surface area contributed by atoms with Crippen molar-refractivity contribution in [2.24, 2.45) is 0 Å². The van der Waals surface area contributed by atoms with Gasteiger partial charge in [-0.15, -0.1) is 0 Å². The Labute approximate surface area is 95.0 Å². The highest BCUT2D eigenvalue weighted by Crippen LogP contribution is 2.17. The SMILES string of the molecule is O=CC(Cc1ccccc1)c1cccnc1. The van der Waals surface area contributed by atoms with Gasteiger partial charge in [0.2, 0.25) is 0 Å². The summed E-state index contributed by atoms with van der Waals surface area (Å²) in [6.07, 6.45) is 5.19. The van der Waals surface area contributed by atoms with Gasteiger partial charge in [-0.3, -0.25) is 4.98 Å². The molecule has 1 heterocycles. The minimum Gasteiger partial charge on any atom is -0.303 e. The van der Waals surface area contributed by atoms with Gasteiger partial charge in [0.15, 0.2) is 0 Å². The number of pyridine rings is 1. The van der Waals surface area contributed by atoms with Gasteiger partial charge < -0.3 is 4.79 Å². The second-order valence-electron chi connectivity index (χ2n) is 3.72. The Bertz CT molecular complexity index is 439. The zero-order valence-corrected chi connectivity index (χ0v) is 8.91. The third kappa shape index (κ3) is 2.54. The lowest BCUT2D eigenvalue weighted by Crippen LogP contribution is -2.04. The molecular weight excluding hydrogens is 198 g/mol. The van der Waals surface area contributed by atoms with Gasteiger partial charge in [-0.05, 0) is 23.6 Å². The molecule has 80 valence electrons. The van der Waals surface area contributed by atoms with Gasteiger partial charge in [-0.25, -0.2) is 0 Å². The maximum atomic E-state index is 11.1. The third-order valence-electron chi connectivity index (χ3n) is 2.58. The molecule has 0 spiro atoms. The molecule has 0 amide bonds. The first-order valence-corrected chi connectivity index (χ1v) is 5.29. The predicted octanol–water partition coefficient (Wildman–Crippen LogP) is 2.61. The number of hydrogen-bond donors (Lipinski definition) is 0. The van der Waals surface area contributed by atoms with Crippen molar-refractivity contribution in [3.8, 4) is 0 Å². The van der Waals surface area contributed by atoms with Crippen molar-refractivity contribution in [2.75, 3.05) is 0 Å². The second kappa shape index (κ2) is 5.21. The van der Waals surface area contributed by atoms with Crippen LogP contribution in [0, 0.1) is 0 Å². The molecule has 2 rings (SSSR count). The van der Waals surface area contributed by atoms with E-state index in [9.17, 15) is 4.79 Å². The third-order valence-corrected chi connectivity index (χ3v) is 2.58. The van der Waals surface area contributed by atoms with E-state index >= 15 is 0 Å². The largest absolute Gasteiger partial charge is 0.303 e. The molecule has 1 unspecified atom stereocenters. The van der Waals surface area contributed by atoms with Crippen molar-refractivity contribution in [3.63, 3.8) is 0 Å². The minimum absolute atomic E-state index is 0.101. The van der Waals surface area contributed by atoms with Gasteiger partial charge in [-0.1, -0.05) is 36.4 Å². The lowest BCUT2D eigenvalue weighted by atomic mass is 9.94. The first-order valence-electron chi connectivity index (χ1n) is 5.29. The monoisotopic (exact) mass is 211 g/mol. The quantitative estimate of drug-likeness (QED) is 0.727. The number of aldehydes is 1. The molecule has 0 fully saturated rings. The van der Waals surface area contributed by atoms with Crippen molar-refractivity contribution in [2.45, 2.75) is 12.3 Å². The van der Waals surface area contributed by atoms with Crippen LogP contribution in [0.4, 0.5) is 0 Å². The van der Waals surface area contributed by atoms with Crippen LogP contribution in [0.1, 0.15) is 17.0 Å². The number of benzene rings is 1. The second-order valence-corrected chi connectivity index (χ2v) is 3.72. The van der Waals surface area contributed by atoms with Crippen LogP contribution in [-0.4, -0.2) is 11.3 Å². The average molecular weight is 211 g/mol. The summed E-state index contributed by atoms with van der Waals surface area (Å²) >= 11 is 0. The molecule has 0 aliphatic carbocycles. The first kappa shape index (κ1) is 10.6. The van der Waals surface area contributed by atoms with Gasteiger partial charge in [0.25, 0.3) is 0 Å². The Kier molecular flexibility index (Phi) is 3.44. The molecule has 0 N–H and O–H groups in total. The Balaban J connectivity index is 2.16. The number of rotatable bonds is 4. The maximum absolute atomic E-state index is 11.1. The molecule has 1 aromatic carbocycles.